The first kappa shape index (κ1) is 13.7. The Morgan fingerprint density at radius 2 is 2.10 bits per heavy atom. The maximum absolute atomic E-state index is 12.2. The van der Waals surface area contributed by atoms with Crippen LogP contribution in [0, 0.1) is 0 Å². The lowest BCUT2D eigenvalue weighted by Gasteiger charge is -2.13. The molecular weight excluding hydrogens is 256 g/mol. The van der Waals surface area contributed by atoms with Crippen molar-refractivity contribution in [3.05, 3.63) is 54.7 Å². The highest BCUT2D eigenvalue weighted by atomic mass is 16.4. The van der Waals surface area contributed by atoms with Crippen molar-refractivity contribution < 1.29 is 14.7 Å². The largest absolute Gasteiger partial charge is 0.480 e. The van der Waals surface area contributed by atoms with Crippen LogP contribution in [0.1, 0.15) is 16.8 Å². The van der Waals surface area contributed by atoms with E-state index in [1.54, 1.807) is 24.4 Å². The number of carboxylic acids is 1. The Kier molecular flexibility index (Phi) is 4.10. The van der Waals surface area contributed by atoms with Crippen LogP contribution in [0.2, 0.25) is 0 Å². The molecule has 0 bridgehead atoms. The number of aromatic nitrogens is 1. The number of amides is 1. The second-order valence-electron chi connectivity index (χ2n) is 4.27. The van der Waals surface area contributed by atoms with Crippen LogP contribution in [-0.2, 0) is 4.79 Å². The molecule has 0 saturated heterocycles. The molecule has 0 aliphatic heterocycles. The molecule has 2 aromatic rings. The molecule has 1 amide bonds. The molecule has 5 nitrogen and oxygen atoms in total. The number of rotatable bonds is 5. The Morgan fingerprint density at radius 3 is 2.80 bits per heavy atom. The number of nitrogens with one attached hydrogen (secondary N) is 1. The van der Waals surface area contributed by atoms with Crippen molar-refractivity contribution in [3.8, 4) is 0 Å². The van der Waals surface area contributed by atoms with Crippen molar-refractivity contribution in [1.82, 2.24) is 10.3 Å². The molecule has 0 radical (unpaired) electrons. The molecule has 0 spiro atoms. The minimum atomic E-state index is -1.09. The van der Waals surface area contributed by atoms with Gasteiger partial charge in [0.05, 0.1) is 11.1 Å². The van der Waals surface area contributed by atoms with Gasteiger partial charge in [-0.15, -0.1) is 6.58 Å². The summed E-state index contributed by atoms with van der Waals surface area (Å²) < 4.78 is 0. The summed E-state index contributed by atoms with van der Waals surface area (Å²) >= 11 is 0. The number of benzene rings is 1. The first-order valence-electron chi connectivity index (χ1n) is 6.12. The van der Waals surface area contributed by atoms with Crippen LogP contribution in [0.25, 0.3) is 10.9 Å². The summed E-state index contributed by atoms with van der Waals surface area (Å²) in [5.41, 5.74) is 0.911. The highest BCUT2D eigenvalue weighted by Gasteiger charge is 2.20. The summed E-state index contributed by atoms with van der Waals surface area (Å²) in [4.78, 5) is 27.4. The van der Waals surface area contributed by atoms with Crippen LogP contribution < -0.4 is 5.32 Å². The Labute approximate surface area is 115 Å². The van der Waals surface area contributed by atoms with E-state index >= 15 is 0 Å². The summed E-state index contributed by atoms with van der Waals surface area (Å²) in [5.74, 6) is -1.55. The monoisotopic (exact) mass is 270 g/mol. The summed E-state index contributed by atoms with van der Waals surface area (Å²) in [6.07, 6.45) is 3.22. The molecule has 102 valence electrons. The first-order chi connectivity index (χ1) is 9.63. The van der Waals surface area contributed by atoms with Gasteiger partial charge in [0.25, 0.3) is 5.91 Å². The van der Waals surface area contributed by atoms with Gasteiger partial charge in [-0.25, -0.2) is 4.79 Å². The predicted octanol–water partition coefficient (Wildman–Crippen LogP) is 1.99. The van der Waals surface area contributed by atoms with E-state index in [-0.39, 0.29) is 6.42 Å². The summed E-state index contributed by atoms with van der Waals surface area (Å²) in [5, 5.41) is 12.3. The van der Waals surface area contributed by atoms with Gasteiger partial charge in [0, 0.05) is 11.6 Å². The van der Waals surface area contributed by atoms with Gasteiger partial charge in [0.1, 0.15) is 6.04 Å². The topological polar surface area (TPSA) is 79.3 Å². The Balaban J connectivity index is 2.31. The fraction of sp³-hybridized carbons (Fsp3) is 0.133. The predicted molar refractivity (Wildman–Crippen MR) is 75.4 cm³/mol. The SMILES string of the molecule is C=CC[C@H](NC(=O)c1cccc2cccnc12)C(=O)O. The van der Waals surface area contributed by atoms with Crippen molar-refractivity contribution in [2.24, 2.45) is 0 Å². The van der Waals surface area contributed by atoms with E-state index in [4.69, 9.17) is 5.11 Å². The van der Waals surface area contributed by atoms with E-state index in [0.717, 1.165) is 5.39 Å². The first-order valence-corrected chi connectivity index (χ1v) is 6.12. The average Bonchev–Trinajstić information content (AvgIpc) is 2.46. The van der Waals surface area contributed by atoms with Gasteiger partial charge in [0.2, 0.25) is 0 Å². The van der Waals surface area contributed by atoms with Gasteiger partial charge < -0.3 is 10.4 Å². The normalized spacial score (nSPS) is 11.8. The smallest absolute Gasteiger partial charge is 0.326 e. The van der Waals surface area contributed by atoms with Crippen LogP contribution in [-0.4, -0.2) is 28.0 Å². The van der Waals surface area contributed by atoms with Gasteiger partial charge >= 0.3 is 5.97 Å². The van der Waals surface area contributed by atoms with Crippen molar-refractivity contribution in [2.45, 2.75) is 12.5 Å². The van der Waals surface area contributed by atoms with E-state index in [1.165, 1.54) is 6.08 Å². The zero-order valence-electron chi connectivity index (χ0n) is 10.7. The molecule has 1 atom stereocenters. The van der Waals surface area contributed by atoms with Gasteiger partial charge in [-0.2, -0.15) is 0 Å². The Bertz CT molecular complexity index is 662. The third kappa shape index (κ3) is 2.83. The zero-order chi connectivity index (χ0) is 14.5. The molecule has 0 aliphatic rings. The lowest BCUT2D eigenvalue weighted by atomic mass is 10.1. The van der Waals surface area contributed by atoms with Gasteiger partial charge in [0.15, 0.2) is 0 Å². The number of carbonyl (C=O) groups is 2. The summed E-state index contributed by atoms with van der Waals surface area (Å²) in [7, 11) is 0. The third-order valence-corrected chi connectivity index (χ3v) is 2.88. The lowest BCUT2D eigenvalue weighted by molar-refractivity contribution is -0.139. The van der Waals surface area contributed by atoms with E-state index < -0.39 is 17.9 Å². The second-order valence-corrected chi connectivity index (χ2v) is 4.27. The third-order valence-electron chi connectivity index (χ3n) is 2.88. The molecule has 0 fully saturated rings. The number of aliphatic carboxylic acids is 1. The molecule has 2 rings (SSSR count). The zero-order valence-corrected chi connectivity index (χ0v) is 10.7. The van der Waals surface area contributed by atoms with Crippen molar-refractivity contribution in [2.75, 3.05) is 0 Å². The maximum Gasteiger partial charge on any atom is 0.326 e. The molecule has 5 heteroatoms. The minimum Gasteiger partial charge on any atom is -0.480 e. The number of nitrogens with zero attached hydrogens (tertiary/aromatic N) is 1. The number of carbonyl (C=O) groups excluding carboxylic acids is 1. The number of pyridine rings is 1. The number of hydrogen-bond acceptors (Lipinski definition) is 3. The van der Waals surface area contributed by atoms with Gasteiger partial charge in [-0.05, 0) is 18.6 Å². The van der Waals surface area contributed by atoms with Crippen LogP contribution in [0.3, 0.4) is 0 Å². The van der Waals surface area contributed by atoms with Gasteiger partial charge in [-0.1, -0.05) is 24.3 Å². The summed E-state index contributed by atoms with van der Waals surface area (Å²) in [6.45, 7) is 3.49. The Hall–Kier alpha value is -2.69. The molecule has 0 aliphatic carbocycles. The Morgan fingerprint density at radius 1 is 1.35 bits per heavy atom. The van der Waals surface area contributed by atoms with Crippen molar-refractivity contribution >= 4 is 22.8 Å². The molecule has 20 heavy (non-hydrogen) atoms. The molecule has 2 N–H and O–H groups in total. The van der Waals surface area contributed by atoms with Crippen LogP contribution >= 0.6 is 0 Å². The number of hydrogen-bond donors (Lipinski definition) is 2. The van der Waals surface area contributed by atoms with E-state index in [9.17, 15) is 9.59 Å². The van der Waals surface area contributed by atoms with Crippen LogP contribution in [0.4, 0.5) is 0 Å². The molecule has 1 aromatic heterocycles. The van der Waals surface area contributed by atoms with Crippen molar-refractivity contribution in [1.29, 1.82) is 0 Å². The van der Waals surface area contributed by atoms with E-state index in [2.05, 4.69) is 16.9 Å². The average molecular weight is 270 g/mol. The van der Waals surface area contributed by atoms with E-state index in [1.807, 2.05) is 12.1 Å². The highest BCUT2D eigenvalue weighted by molar-refractivity contribution is 6.06. The quantitative estimate of drug-likeness (QED) is 0.814. The maximum atomic E-state index is 12.2. The standard InChI is InChI=1S/C15H14N2O3/c1-2-5-12(15(19)20)17-14(18)11-8-3-6-10-7-4-9-16-13(10)11/h2-4,6-9,12H,1,5H2,(H,17,18)(H,19,20)/t12-/m0/s1. The molecule has 1 heterocycles. The number of para-hydroxylation sites is 1. The number of carboxylic acid groups (broad SMARTS) is 1. The lowest BCUT2D eigenvalue weighted by Crippen LogP contribution is -2.40. The molecule has 1 aromatic carbocycles. The molecular formula is C15H14N2O3. The highest BCUT2D eigenvalue weighted by Crippen LogP contribution is 2.16. The van der Waals surface area contributed by atoms with E-state index in [0.29, 0.717) is 11.1 Å². The van der Waals surface area contributed by atoms with Gasteiger partial charge in [-0.3, -0.25) is 9.78 Å². The molecule has 0 saturated carbocycles. The second kappa shape index (κ2) is 5.97. The number of fused-ring (bicyclic) bond motifs is 1. The molecule has 0 unspecified atom stereocenters. The minimum absolute atomic E-state index is 0.166. The van der Waals surface area contributed by atoms with Crippen molar-refractivity contribution in [3.63, 3.8) is 0 Å². The fourth-order valence-corrected chi connectivity index (χ4v) is 1.91. The van der Waals surface area contributed by atoms with Crippen LogP contribution in [0.15, 0.2) is 49.2 Å². The van der Waals surface area contributed by atoms with Crippen LogP contribution in [0.5, 0.6) is 0 Å². The fourth-order valence-electron chi connectivity index (χ4n) is 1.91. The summed E-state index contributed by atoms with van der Waals surface area (Å²) in [6, 6.07) is 7.84.